The molecule has 0 fully saturated rings. The molecule has 2 aromatic carbocycles. The molecule has 34 heavy (non-hydrogen) atoms. The largest absolute Gasteiger partial charge is 0.480 e. The molecule has 0 bridgehead atoms. The zero-order valence-electron chi connectivity index (χ0n) is 17.9. The van der Waals surface area contributed by atoms with E-state index in [1.54, 1.807) is 12.3 Å². The van der Waals surface area contributed by atoms with Crippen molar-refractivity contribution in [2.45, 2.75) is 18.2 Å². The van der Waals surface area contributed by atoms with E-state index in [2.05, 4.69) is 19.7 Å². The fourth-order valence-electron chi connectivity index (χ4n) is 3.53. The first-order valence-electron chi connectivity index (χ1n) is 9.91. The van der Waals surface area contributed by atoms with E-state index in [1.165, 1.54) is 25.4 Å². The maximum Gasteiger partial charge on any atom is 0.268 e. The van der Waals surface area contributed by atoms with Gasteiger partial charge in [0.2, 0.25) is 11.8 Å². The third-order valence-electron chi connectivity index (χ3n) is 5.07. The number of aryl methyl sites for hydroxylation is 1. The first-order chi connectivity index (χ1) is 16.2. The van der Waals surface area contributed by atoms with Crippen molar-refractivity contribution in [2.24, 2.45) is 0 Å². The van der Waals surface area contributed by atoms with Gasteiger partial charge < -0.3 is 10.5 Å². The van der Waals surface area contributed by atoms with E-state index in [4.69, 9.17) is 45.3 Å². The number of halogens is 3. The Hall–Kier alpha value is -2.85. The maximum absolute atomic E-state index is 13.2. The molecule has 176 valence electrons. The highest BCUT2D eigenvalue weighted by Crippen LogP contribution is 2.42. The molecule has 8 nitrogen and oxygen atoms in total. The number of anilines is 2. The summed E-state index contributed by atoms with van der Waals surface area (Å²) in [5, 5.41) is 1.13. The lowest BCUT2D eigenvalue weighted by molar-refractivity contribution is 0.385. The van der Waals surface area contributed by atoms with E-state index in [9.17, 15) is 8.42 Å². The molecular weight excluding hydrogens is 521 g/mol. The Bertz CT molecular complexity index is 1530. The number of benzene rings is 2. The summed E-state index contributed by atoms with van der Waals surface area (Å²) >= 11 is 19.3. The molecule has 0 amide bonds. The van der Waals surface area contributed by atoms with Crippen molar-refractivity contribution in [1.29, 1.82) is 0 Å². The van der Waals surface area contributed by atoms with Crippen LogP contribution in [0.15, 0.2) is 47.6 Å². The van der Waals surface area contributed by atoms with Crippen molar-refractivity contribution in [2.75, 3.05) is 17.6 Å². The van der Waals surface area contributed by atoms with Gasteiger partial charge in [0.05, 0.1) is 33.4 Å². The lowest BCUT2D eigenvalue weighted by Gasteiger charge is -2.16. The van der Waals surface area contributed by atoms with Crippen molar-refractivity contribution in [1.82, 2.24) is 15.0 Å². The van der Waals surface area contributed by atoms with Crippen molar-refractivity contribution in [3.63, 3.8) is 0 Å². The molecule has 0 spiro atoms. The van der Waals surface area contributed by atoms with E-state index in [1.807, 2.05) is 19.1 Å². The van der Waals surface area contributed by atoms with Crippen LogP contribution in [0.5, 0.6) is 5.88 Å². The molecular formula is C22H18Cl3N5O3S. The second-order valence-corrected chi connectivity index (χ2v) is 9.99. The number of nitrogens with two attached hydrogens (primary N) is 1. The number of nitrogen functional groups attached to an aromatic ring is 1. The molecule has 2 aromatic heterocycles. The van der Waals surface area contributed by atoms with Crippen LogP contribution in [0.25, 0.3) is 22.0 Å². The summed E-state index contributed by atoms with van der Waals surface area (Å²) in [6, 6.07) is 8.08. The number of aromatic nitrogens is 3. The van der Waals surface area contributed by atoms with Gasteiger partial charge in [0.15, 0.2) is 4.90 Å². The third-order valence-corrected chi connectivity index (χ3v) is 7.63. The van der Waals surface area contributed by atoms with Gasteiger partial charge in [0.1, 0.15) is 0 Å². The molecule has 4 rings (SSSR count). The molecule has 0 aliphatic carbocycles. The average Bonchev–Trinajstić information content (AvgIpc) is 2.80. The van der Waals surface area contributed by atoms with Gasteiger partial charge in [0.25, 0.3) is 10.0 Å². The standard InChI is InChI=1S/C22H18Cl3N5O3S/c1-3-11-8-12(9-13-10-28-22(26)29-19(11)13)17-14(23)4-5-16(18(17)25)30-34(31,32)20-15(24)6-7-27-21(20)33-2/h4-10,30H,3H2,1-2H3,(H2,26,28,29). The fraction of sp³-hybridized carbons (Fsp3) is 0.136. The van der Waals surface area contributed by atoms with Gasteiger partial charge in [0, 0.05) is 23.3 Å². The summed E-state index contributed by atoms with van der Waals surface area (Å²) in [5.74, 6) is 0.0265. The van der Waals surface area contributed by atoms with Crippen LogP contribution in [0.3, 0.4) is 0 Å². The minimum atomic E-state index is -4.20. The summed E-state index contributed by atoms with van der Waals surface area (Å²) < 4.78 is 33.9. The van der Waals surface area contributed by atoms with E-state index >= 15 is 0 Å². The Morgan fingerprint density at radius 2 is 1.85 bits per heavy atom. The second kappa shape index (κ2) is 9.42. The van der Waals surface area contributed by atoms with Crippen LogP contribution in [0.1, 0.15) is 12.5 Å². The summed E-state index contributed by atoms with van der Waals surface area (Å²) in [7, 11) is -2.91. The number of methoxy groups -OCH3 is 1. The van der Waals surface area contributed by atoms with Crippen LogP contribution >= 0.6 is 34.8 Å². The number of pyridine rings is 1. The molecule has 0 saturated heterocycles. The fourth-order valence-corrected chi connectivity index (χ4v) is 5.92. The van der Waals surface area contributed by atoms with Gasteiger partial charge in [-0.15, -0.1) is 0 Å². The number of ether oxygens (including phenoxy) is 1. The normalized spacial score (nSPS) is 11.6. The van der Waals surface area contributed by atoms with E-state index in [0.717, 1.165) is 16.5 Å². The van der Waals surface area contributed by atoms with Gasteiger partial charge in [-0.1, -0.05) is 41.7 Å². The van der Waals surface area contributed by atoms with Gasteiger partial charge in [-0.3, -0.25) is 4.72 Å². The predicted molar refractivity (Wildman–Crippen MR) is 135 cm³/mol. The summed E-state index contributed by atoms with van der Waals surface area (Å²) in [5.41, 5.74) is 8.61. The lowest BCUT2D eigenvalue weighted by atomic mass is 9.98. The van der Waals surface area contributed by atoms with E-state index < -0.39 is 10.0 Å². The van der Waals surface area contributed by atoms with Crippen molar-refractivity contribution in [3.8, 4) is 17.0 Å². The molecule has 0 unspecified atom stereocenters. The van der Waals surface area contributed by atoms with Crippen LogP contribution in [0, 0.1) is 0 Å². The topological polar surface area (TPSA) is 120 Å². The van der Waals surface area contributed by atoms with Crippen molar-refractivity contribution < 1.29 is 13.2 Å². The molecule has 3 N–H and O–H groups in total. The van der Waals surface area contributed by atoms with E-state index in [-0.39, 0.29) is 32.5 Å². The predicted octanol–water partition coefficient (Wildman–Crippen LogP) is 5.61. The van der Waals surface area contributed by atoms with Crippen LogP contribution in [-0.2, 0) is 16.4 Å². The Labute approximate surface area is 211 Å². The average molecular weight is 539 g/mol. The van der Waals surface area contributed by atoms with Gasteiger partial charge in [-0.05, 0) is 47.9 Å². The molecule has 12 heteroatoms. The molecule has 0 saturated carbocycles. The first-order valence-corrected chi connectivity index (χ1v) is 12.5. The molecule has 0 aliphatic rings. The molecule has 0 radical (unpaired) electrons. The van der Waals surface area contributed by atoms with Crippen LogP contribution < -0.4 is 15.2 Å². The number of nitrogens with zero attached hydrogens (tertiary/aromatic N) is 3. The molecule has 0 atom stereocenters. The minimum absolute atomic E-state index is 0.0500. The molecule has 2 heterocycles. The Balaban J connectivity index is 1.85. The van der Waals surface area contributed by atoms with Crippen LogP contribution in [-0.4, -0.2) is 30.5 Å². The zero-order chi connectivity index (χ0) is 24.6. The van der Waals surface area contributed by atoms with E-state index in [0.29, 0.717) is 22.6 Å². The van der Waals surface area contributed by atoms with Crippen molar-refractivity contribution in [3.05, 3.63) is 63.4 Å². The molecule has 4 aromatic rings. The number of sulfonamides is 1. The summed E-state index contributed by atoms with van der Waals surface area (Å²) in [6.07, 6.45) is 3.63. The quantitative estimate of drug-likeness (QED) is 0.327. The molecule has 0 aliphatic heterocycles. The monoisotopic (exact) mass is 537 g/mol. The highest BCUT2D eigenvalue weighted by Gasteiger charge is 2.26. The summed E-state index contributed by atoms with van der Waals surface area (Å²) in [6.45, 7) is 1.98. The van der Waals surface area contributed by atoms with Gasteiger partial charge in [-0.2, -0.15) is 0 Å². The van der Waals surface area contributed by atoms with Crippen LogP contribution in [0.2, 0.25) is 15.1 Å². The second-order valence-electron chi connectivity index (χ2n) is 7.18. The van der Waals surface area contributed by atoms with Gasteiger partial charge >= 0.3 is 0 Å². The smallest absolute Gasteiger partial charge is 0.268 e. The summed E-state index contributed by atoms with van der Waals surface area (Å²) in [4.78, 5) is 12.0. The maximum atomic E-state index is 13.2. The van der Waals surface area contributed by atoms with Gasteiger partial charge in [-0.25, -0.2) is 23.4 Å². The van der Waals surface area contributed by atoms with Crippen LogP contribution in [0.4, 0.5) is 11.6 Å². The lowest BCUT2D eigenvalue weighted by Crippen LogP contribution is -2.15. The van der Waals surface area contributed by atoms with Crippen molar-refractivity contribution >= 4 is 67.4 Å². The number of rotatable bonds is 6. The SMILES string of the molecule is CCc1cc(-c2c(Cl)ccc(NS(=O)(=O)c3c(Cl)ccnc3OC)c2Cl)cc2cnc(N)nc12. The highest BCUT2D eigenvalue weighted by molar-refractivity contribution is 7.93. The third kappa shape index (κ3) is 4.44. The Morgan fingerprint density at radius 1 is 1.09 bits per heavy atom. The minimum Gasteiger partial charge on any atom is -0.480 e. The Kier molecular flexibility index (Phi) is 6.73. The zero-order valence-corrected chi connectivity index (χ0v) is 21.0. The number of hydrogen-bond donors (Lipinski definition) is 2. The number of hydrogen-bond acceptors (Lipinski definition) is 7. The number of fused-ring (bicyclic) bond motifs is 1. The number of nitrogens with one attached hydrogen (secondary N) is 1. The Morgan fingerprint density at radius 3 is 2.56 bits per heavy atom. The first kappa shape index (κ1) is 24.3. The highest BCUT2D eigenvalue weighted by atomic mass is 35.5.